The Bertz CT molecular complexity index is 990. The third-order valence-electron chi connectivity index (χ3n) is 3.96. The summed E-state index contributed by atoms with van der Waals surface area (Å²) in [6.07, 6.45) is 3.23. The normalized spacial score (nSPS) is 11.3. The zero-order valence-corrected chi connectivity index (χ0v) is 13.5. The molecular weight excluding hydrogens is 300 g/mol. The second-order valence-corrected chi connectivity index (χ2v) is 5.44. The lowest BCUT2D eigenvalue weighted by molar-refractivity contribution is 0.104. The fourth-order valence-electron chi connectivity index (χ4n) is 2.78. The Balaban J connectivity index is 2.10. The summed E-state index contributed by atoms with van der Waals surface area (Å²) in [5.41, 5.74) is 3.15. The molecule has 0 unspecified atom stereocenters. The van der Waals surface area contributed by atoms with Gasteiger partial charge in [-0.2, -0.15) is 5.26 Å². The Labute approximate surface area is 140 Å². The lowest BCUT2D eigenvalue weighted by Crippen LogP contribution is -2.02. The summed E-state index contributed by atoms with van der Waals surface area (Å²) < 4.78 is 5.28. The number of allylic oxidation sites excluding steroid dienone is 1. The van der Waals surface area contributed by atoms with Crippen molar-refractivity contribution in [3.8, 4) is 11.8 Å². The van der Waals surface area contributed by atoms with Gasteiger partial charge < -0.3 is 9.72 Å². The molecule has 24 heavy (non-hydrogen) atoms. The van der Waals surface area contributed by atoms with Gasteiger partial charge in [-0.3, -0.25) is 4.79 Å². The molecule has 0 bridgehead atoms. The molecule has 0 atom stereocenters. The minimum Gasteiger partial charge on any atom is -0.496 e. The monoisotopic (exact) mass is 316 g/mol. The summed E-state index contributed by atoms with van der Waals surface area (Å²) in [4.78, 5) is 15.9. The van der Waals surface area contributed by atoms with Gasteiger partial charge in [0.25, 0.3) is 0 Å². The first-order valence-electron chi connectivity index (χ1n) is 7.52. The van der Waals surface area contributed by atoms with E-state index in [9.17, 15) is 10.1 Å². The maximum Gasteiger partial charge on any atom is 0.205 e. The molecule has 4 heteroatoms. The third kappa shape index (κ3) is 2.68. The highest BCUT2D eigenvalue weighted by atomic mass is 16.5. The Kier molecular flexibility index (Phi) is 4.17. The molecule has 0 radical (unpaired) electrons. The van der Waals surface area contributed by atoms with E-state index in [1.165, 1.54) is 0 Å². The second-order valence-electron chi connectivity index (χ2n) is 5.44. The maximum absolute atomic E-state index is 12.9. The van der Waals surface area contributed by atoms with Crippen molar-refractivity contribution in [3.63, 3.8) is 0 Å². The average molecular weight is 316 g/mol. The molecule has 0 aliphatic rings. The van der Waals surface area contributed by atoms with E-state index in [-0.39, 0.29) is 11.4 Å². The quantitative estimate of drug-likeness (QED) is 0.444. The van der Waals surface area contributed by atoms with Gasteiger partial charge in [0.1, 0.15) is 17.4 Å². The van der Waals surface area contributed by atoms with Crippen molar-refractivity contribution in [1.82, 2.24) is 4.98 Å². The van der Waals surface area contributed by atoms with Crippen LogP contribution in [0.4, 0.5) is 0 Å². The van der Waals surface area contributed by atoms with Crippen LogP contribution in [-0.2, 0) is 0 Å². The molecule has 0 aliphatic carbocycles. The molecule has 0 fully saturated rings. The van der Waals surface area contributed by atoms with Crippen molar-refractivity contribution in [3.05, 3.63) is 70.9 Å². The first-order valence-corrected chi connectivity index (χ1v) is 7.52. The van der Waals surface area contributed by atoms with Gasteiger partial charge in [0, 0.05) is 28.2 Å². The van der Waals surface area contributed by atoms with E-state index >= 15 is 0 Å². The number of rotatable bonds is 4. The van der Waals surface area contributed by atoms with E-state index in [0.717, 1.165) is 16.5 Å². The Morgan fingerprint density at radius 2 is 2.00 bits per heavy atom. The second kappa shape index (κ2) is 6.43. The number of aromatic nitrogens is 1. The zero-order chi connectivity index (χ0) is 17.1. The number of ether oxygens (including phenoxy) is 1. The van der Waals surface area contributed by atoms with Crippen molar-refractivity contribution in [2.75, 3.05) is 7.11 Å². The van der Waals surface area contributed by atoms with E-state index in [4.69, 9.17) is 4.74 Å². The number of nitrogens with zero attached hydrogens (tertiary/aromatic N) is 1. The van der Waals surface area contributed by atoms with Gasteiger partial charge in [-0.1, -0.05) is 30.3 Å². The number of nitrogens with one attached hydrogen (secondary N) is 1. The molecule has 1 N–H and O–H groups in total. The summed E-state index contributed by atoms with van der Waals surface area (Å²) in [6, 6.07) is 15.1. The van der Waals surface area contributed by atoms with Gasteiger partial charge in [-0.25, -0.2) is 0 Å². The third-order valence-corrected chi connectivity index (χ3v) is 3.96. The number of carbonyl (C=O) groups is 1. The predicted octanol–water partition coefficient (Wildman–Crippen LogP) is 4.27. The highest BCUT2D eigenvalue weighted by Gasteiger charge is 2.18. The number of hydrogen-bond donors (Lipinski definition) is 1. The molecule has 1 heterocycles. The van der Waals surface area contributed by atoms with Gasteiger partial charge >= 0.3 is 0 Å². The number of benzene rings is 2. The number of nitriles is 1. The molecule has 3 rings (SSSR count). The predicted molar refractivity (Wildman–Crippen MR) is 94.0 cm³/mol. The van der Waals surface area contributed by atoms with Crippen LogP contribution in [-0.4, -0.2) is 17.9 Å². The van der Waals surface area contributed by atoms with Gasteiger partial charge in [0.05, 0.1) is 7.11 Å². The molecule has 0 spiro atoms. The van der Waals surface area contributed by atoms with E-state index in [1.807, 2.05) is 49.4 Å². The van der Waals surface area contributed by atoms with E-state index in [1.54, 1.807) is 25.4 Å². The minimum atomic E-state index is -0.302. The molecular formula is C20H16N2O2. The van der Waals surface area contributed by atoms with Crippen molar-refractivity contribution in [2.45, 2.75) is 6.92 Å². The largest absolute Gasteiger partial charge is 0.496 e. The average Bonchev–Trinajstić information content (AvgIpc) is 3.05. The lowest BCUT2D eigenvalue weighted by atomic mass is 9.99. The number of aryl methyl sites for hydroxylation is 1. The first kappa shape index (κ1) is 15.6. The van der Waals surface area contributed by atoms with E-state index in [2.05, 4.69) is 4.98 Å². The molecule has 0 saturated carbocycles. The molecule has 3 aromatic rings. The van der Waals surface area contributed by atoms with Crippen molar-refractivity contribution in [1.29, 1.82) is 5.26 Å². The molecule has 0 saturated heterocycles. The highest BCUT2D eigenvalue weighted by molar-refractivity contribution is 6.20. The van der Waals surface area contributed by atoms with Gasteiger partial charge in [0.15, 0.2) is 0 Å². The molecule has 118 valence electrons. The topological polar surface area (TPSA) is 65.9 Å². The summed E-state index contributed by atoms with van der Waals surface area (Å²) in [6.45, 7) is 1.95. The SMILES string of the molecule is COc1ccccc1/C=C(/C#N)C(=O)c1c[nH]c2cccc(C)c12. The van der Waals surface area contributed by atoms with Crippen LogP contribution in [0.2, 0.25) is 0 Å². The number of aromatic amines is 1. The number of hydrogen-bond acceptors (Lipinski definition) is 3. The number of para-hydroxylation sites is 1. The van der Waals surface area contributed by atoms with Crippen molar-refractivity contribution < 1.29 is 9.53 Å². The van der Waals surface area contributed by atoms with E-state index in [0.29, 0.717) is 16.9 Å². The van der Waals surface area contributed by atoms with Crippen molar-refractivity contribution >= 4 is 22.8 Å². The van der Waals surface area contributed by atoms with Crippen LogP contribution < -0.4 is 4.74 Å². The van der Waals surface area contributed by atoms with E-state index < -0.39 is 0 Å². The number of ketones is 1. The molecule has 0 aliphatic heterocycles. The Morgan fingerprint density at radius 1 is 1.21 bits per heavy atom. The van der Waals surface area contributed by atoms with Gasteiger partial charge in [-0.05, 0) is 30.7 Å². The van der Waals surface area contributed by atoms with Crippen molar-refractivity contribution in [2.24, 2.45) is 0 Å². The van der Waals surface area contributed by atoms with Crippen LogP contribution >= 0.6 is 0 Å². The molecule has 4 nitrogen and oxygen atoms in total. The summed E-state index contributed by atoms with van der Waals surface area (Å²) in [7, 11) is 1.56. The molecule has 2 aromatic carbocycles. The first-order chi connectivity index (χ1) is 11.7. The molecule has 1 aromatic heterocycles. The lowest BCUT2D eigenvalue weighted by Gasteiger charge is -2.05. The fraction of sp³-hybridized carbons (Fsp3) is 0.100. The summed E-state index contributed by atoms with van der Waals surface area (Å²) >= 11 is 0. The number of H-pyrrole nitrogens is 1. The number of methoxy groups -OCH3 is 1. The maximum atomic E-state index is 12.9. The summed E-state index contributed by atoms with van der Waals surface area (Å²) in [5, 5.41) is 10.3. The molecule has 0 amide bonds. The van der Waals surface area contributed by atoms with Crippen LogP contribution in [0.3, 0.4) is 0 Å². The summed E-state index contributed by atoms with van der Waals surface area (Å²) in [5.74, 6) is 0.317. The number of carbonyl (C=O) groups excluding carboxylic acids is 1. The highest BCUT2D eigenvalue weighted by Crippen LogP contribution is 2.26. The standard InChI is InChI=1S/C20H16N2O2/c1-13-6-5-8-17-19(13)16(12-22-17)20(23)15(11-21)10-14-7-3-4-9-18(14)24-2/h3-10,12,22H,1-2H3/b15-10-. The van der Waals surface area contributed by atoms with Crippen LogP contribution in [0.5, 0.6) is 5.75 Å². The van der Waals surface area contributed by atoms with Crippen LogP contribution in [0, 0.1) is 18.3 Å². The van der Waals surface area contributed by atoms with Gasteiger partial charge in [-0.15, -0.1) is 0 Å². The zero-order valence-electron chi connectivity index (χ0n) is 13.5. The Morgan fingerprint density at radius 3 is 2.75 bits per heavy atom. The minimum absolute atomic E-state index is 0.0728. The van der Waals surface area contributed by atoms with Crippen LogP contribution in [0.1, 0.15) is 21.5 Å². The number of fused-ring (bicyclic) bond motifs is 1. The Hall–Kier alpha value is -3.32. The smallest absolute Gasteiger partial charge is 0.205 e. The van der Waals surface area contributed by atoms with Gasteiger partial charge in [0.2, 0.25) is 5.78 Å². The number of Topliss-reactive ketones (excluding diaryl/α,β-unsaturated/α-hetero) is 1. The van der Waals surface area contributed by atoms with Crippen LogP contribution in [0.15, 0.2) is 54.2 Å². The fourth-order valence-corrected chi connectivity index (χ4v) is 2.78. The van der Waals surface area contributed by atoms with Crippen LogP contribution in [0.25, 0.3) is 17.0 Å².